The summed E-state index contributed by atoms with van der Waals surface area (Å²) in [4.78, 5) is 10.4. The quantitative estimate of drug-likeness (QED) is 0.462. The smallest absolute Gasteiger partial charge is 0.374 e. The highest BCUT2D eigenvalue weighted by Crippen LogP contribution is 2.24. The van der Waals surface area contributed by atoms with Crippen LogP contribution in [0.2, 0.25) is 0 Å². The summed E-state index contributed by atoms with van der Waals surface area (Å²) in [7, 11) is 0. The predicted molar refractivity (Wildman–Crippen MR) is 34.1 cm³/mol. The summed E-state index contributed by atoms with van der Waals surface area (Å²) in [5, 5.41) is 8.37. The van der Waals surface area contributed by atoms with Crippen molar-refractivity contribution >= 4 is 21.9 Å². The van der Waals surface area contributed by atoms with E-state index in [1.807, 2.05) is 0 Å². The third-order valence-electron chi connectivity index (χ3n) is 1.12. The number of ether oxygens (including phenoxy) is 1. The molecule has 0 fully saturated rings. The van der Waals surface area contributed by atoms with Crippen LogP contribution in [0.15, 0.2) is 11.3 Å². The fraction of sp³-hybridized carbons (Fsp3) is 0.400. The van der Waals surface area contributed by atoms with Gasteiger partial charge in [0.1, 0.15) is 0 Å². The molecule has 0 radical (unpaired) electrons. The van der Waals surface area contributed by atoms with Crippen molar-refractivity contribution in [3.05, 3.63) is 11.3 Å². The van der Waals surface area contributed by atoms with Gasteiger partial charge < -0.3 is 9.84 Å². The number of halogens is 1. The van der Waals surface area contributed by atoms with Gasteiger partial charge in [-0.3, -0.25) is 0 Å². The summed E-state index contributed by atoms with van der Waals surface area (Å²) in [6.07, 6.45) is 0. The zero-order chi connectivity index (χ0) is 7.02. The van der Waals surface area contributed by atoms with Gasteiger partial charge in [-0.1, -0.05) is 0 Å². The molecule has 1 N–H and O–H groups in total. The Morgan fingerprint density at radius 1 is 1.78 bits per heavy atom. The molecule has 0 aromatic heterocycles. The van der Waals surface area contributed by atoms with Crippen LogP contribution >= 0.6 is 15.9 Å². The van der Waals surface area contributed by atoms with E-state index in [-0.39, 0.29) is 5.76 Å². The van der Waals surface area contributed by atoms with E-state index < -0.39 is 11.0 Å². The van der Waals surface area contributed by atoms with Crippen molar-refractivity contribution in [3.63, 3.8) is 0 Å². The fourth-order valence-corrected chi connectivity index (χ4v) is 0.893. The Morgan fingerprint density at radius 2 is 2.33 bits per heavy atom. The molecule has 0 aromatic carbocycles. The Morgan fingerprint density at radius 3 is 2.44 bits per heavy atom. The van der Waals surface area contributed by atoms with Crippen molar-refractivity contribution in [1.29, 1.82) is 0 Å². The van der Waals surface area contributed by atoms with Gasteiger partial charge in [-0.05, 0) is 22.9 Å². The van der Waals surface area contributed by atoms with Gasteiger partial charge in [-0.25, -0.2) is 4.79 Å². The van der Waals surface area contributed by atoms with E-state index in [2.05, 4.69) is 20.7 Å². The van der Waals surface area contributed by atoms with Crippen LogP contribution in [0.1, 0.15) is 6.92 Å². The molecule has 4 heteroatoms. The first kappa shape index (κ1) is 6.61. The molecule has 0 aromatic rings. The van der Waals surface area contributed by atoms with Gasteiger partial charge >= 0.3 is 5.97 Å². The molecule has 0 aliphatic carbocycles. The average molecular weight is 193 g/mol. The van der Waals surface area contributed by atoms with E-state index >= 15 is 0 Å². The Bertz CT molecular complexity index is 185. The lowest BCUT2D eigenvalue weighted by Gasteiger charge is -1.97. The van der Waals surface area contributed by atoms with Gasteiger partial charge in [0, 0.05) is 5.57 Å². The second kappa shape index (κ2) is 2.02. The van der Waals surface area contributed by atoms with Crippen molar-refractivity contribution in [1.82, 2.24) is 0 Å². The number of cyclic esters (lactones) is 1. The van der Waals surface area contributed by atoms with Crippen molar-refractivity contribution in [3.8, 4) is 0 Å². The molecule has 0 spiro atoms. The van der Waals surface area contributed by atoms with Crippen LogP contribution < -0.4 is 0 Å². The number of carbonyl (C=O) groups excluding carboxylic acids is 1. The summed E-state index contributed by atoms with van der Waals surface area (Å²) in [5.41, 5.74) is 0.528. The molecule has 1 unspecified atom stereocenters. The summed E-state index contributed by atoms with van der Waals surface area (Å²) in [6, 6.07) is 0. The molecule has 1 aliphatic heterocycles. The van der Waals surface area contributed by atoms with Crippen LogP contribution in [0.25, 0.3) is 0 Å². The molecule has 1 rings (SSSR count). The first-order chi connectivity index (χ1) is 4.13. The minimum Gasteiger partial charge on any atom is -0.502 e. The highest BCUT2D eigenvalue weighted by Gasteiger charge is 2.28. The first-order valence-electron chi connectivity index (χ1n) is 2.37. The normalized spacial score (nSPS) is 26.9. The molecule has 1 atom stereocenters. The SMILES string of the molecule is CC1=C(O)C(=O)OC1Br. The number of aliphatic hydroxyl groups excluding tert-OH is 1. The van der Waals surface area contributed by atoms with E-state index in [1.54, 1.807) is 6.92 Å². The number of esters is 1. The second-order valence-corrected chi connectivity index (χ2v) is 2.58. The van der Waals surface area contributed by atoms with Crippen LogP contribution in [0.3, 0.4) is 0 Å². The summed E-state index contributed by atoms with van der Waals surface area (Å²) in [5.74, 6) is -0.939. The highest BCUT2D eigenvalue weighted by molar-refractivity contribution is 9.09. The summed E-state index contributed by atoms with van der Waals surface area (Å²) < 4.78 is 4.54. The van der Waals surface area contributed by atoms with Gasteiger partial charge in [-0.15, -0.1) is 0 Å². The maximum atomic E-state index is 10.4. The molecular formula is C5H5BrO3. The van der Waals surface area contributed by atoms with Crippen LogP contribution in [0, 0.1) is 0 Å². The molecule has 9 heavy (non-hydrogen) atoms. The molecule has 0 amide bonds. The highest BCUT2D eigenvalue weighted by atomic mass is 79.9. The average Bonchev–Trinajstić information content (AvgIpc) is 1.98. The number of hydrogen-bond acceptors (Lipinski definition) is 3. The molecule has 50 valence electrons. The van der Waals surface area contributed by atoms with Crippen LogP contribution in [-0.2, 0) is 9.53 Å². The minimum atomic E-state index is -0.658. The Kier molecular flexibility index (Phi) is 1.48. The van der Waals surface area contributed by atoms with Gasteiger partial charge in [-0.2, -0.15) is 0 Å². The molecule has 0 saturated heterocycles. The number of hydrogen-bond donors (Lipinski definition) is 1. The first-order valence-corrected chi connectivity index (χ1v) is 3.29. The predicted octanol–water partition coefficient (Wildman–Crippen LogP) is 1.10. The van der Waals surface area contributed by atoms with E-state index in [9.17, 15) is 4.79 Å². The molecule has 1 aliphatic rings. The second-order valence-electron chi connectivity index (χ2n) is 1.75. The third kappa shape index (κ3) is 0.941. The molecule has 3 nitrogen and oxygen atoms in total. The van der Waals surface area contributed by atoms with Gasteiger partial charge in [0.2, 0.25) is 5.76 Å². The van der Waals surface area contributed by atoms with E-state index in [4.69, 9.17) is 5.11 Å². The van der Waals surface area contributed by atoms with Crippen LogP contribution in [0.4, 0.5) is 0 Å². The standard InChI is InChI=1S/C5H5BrO3/c1-2-3(7)5(8)9-4(2)6/h4,7H,1H3. The lowest BCUT2D eigenvalue weighted by atomic mass is 10.3. The molecule has 0 bridgehead atoms. The van der Waals surface area contributed by atoms with E-state index in [1.165, 1.54) is 0 Å². The largest absolute Gasteiger partial charge is 0.502 e. The third-order valence-corrected chi connectivity index (χ3v) is 1.99. The van der Waals surface area contributed by atoms with Crippen LogP contribution in [-0.4, -0.2) is 16.1 Å². The van der Waals surface area contributed by atoms with Gasteiger partial charge in [0.15, 0.2) is 5.01 Å². The molecule has 0 saturated carbocycles. The topological polar surface area (TPSA) is 46.5 Å². The van der Waals surface area contributed by atoms with E-state index in [0.717, 1.165) is 0 Å². The monoisotopic (exact) mass is 192 g/mol. The van der Waals surface area contributed by atoms with Gasteiger partial charge in [0.25, 0.3) is 0 Å². The maximum Gasteiger partial charge on any atom is 0.374 e. The Labute approximate surface area is 60.4 Å². The lowest BCUT2D eigenvalue weighted by Crippen LogP contribution is -2.01. The minimum absolute atomic E-state index is 0.281. The van der Waals surface area contributed by atoms with Crippen molar-refractivity contribution in [2.24, 2.45) is 0 Å². The Balaban J connectivity index is 2.92. The number of carbonyl (C=O) groups is 1. The molecular weight excluding hydrogens is 188 g/mol. The summed E-state index contributed by atoms with van der Waals surface area (Å²) >= 11 is 3.02. The van der Waals surface area contributed by atoms with Crippen molar-refractivity contribution in [2.75, 3.05) is 0 Å². The summed E-state index contributed by atoms with van der Waals surface area (Å²) in [6.45, 7) is 1.62. The van der Waals surface area contributed by atoms with Crippen molar-refractivity contribution in [2.45, 2.75) is 11.9 Å². The fourth-order valence-electron chi connectivity index (χ4n) is 0.507. The Hall–Kier alpha value is -0.510. The van der Waals surface area contributed by atoms with Gasteiger partial charge in [0.05, 0.1) is 0 Å². The zero-order valence-electron chi connectivity index (χ0n) is 4.72. The molecule has 1 heterocycles. The number of aliphatic hydroxyl groups is 1. The number of alkyl halides is 1. The maximum absolute atomic E-state index is 10.4. The van der Waals surface area contributed by atoms with Crippen LogP contribution in [0.5, 0.6) is 0 Å². The number of rotatable bonds is 0. The zero-order valence-corrected chi connectivity index (χ0v) is 6.31. The van der Waals surface area contributed by atoms with Crippen molar-refractivity contribution < 1.29 is 14.6 Å². The van der Waals surface area contributed by atoms with E-state index in [0.29, 0.717) is 5.57 Å². The lowest BCUT2D eigenvalue weighted by molar-refractivity contribution is -0.139.